The van der Waals surface area contributed by atoms with Gasteiger partial charge in [-0.3, -0.25) is 33.8 Å². The lowest BCUT2D eigenvalue weighted by Gasteiger charge is -2.57. The van der Waals surface area contributed by atoms with Crippen molar-refractivity contribution in [2.75, 3.05) is 72.0 Å². The van der Waals surface area contributed by atoms with Gasteiger partial charge < -0.3 is 52.8 Å². The summed E-state index contributed by atoms with van der Waals surface area (Å²) in [5, 5.41) is 12.5. The molecule has 0 bridgehead atoms. The first-order valence-electron chi connectivity index (χ1n) is 32.5. The zero-order valence-corrected chi connectivity index (χ0v) is 56.8. The van der Waals surface area contributed by atoms with Crippen molar-refractivity contribution in [3.63, 3.8) is 0 Å². The number of ketones is 4. The van der Waals surface area contributed by atoms with Gasteiger partial charge in [-0.05, 0) is 145 Å². The number of hydrogen-bond acceptors (Lipinski definition) is 16. The van der Waals surface area contributed by atoms with E-state index in [4.69, 9.17) is 26.7 Å². The van der Waals surface area contributed by atoms with Gasteiger partial charge in [-0.15, -0.1) is 26.3 Å². The minimum absolute atomic E-state index is 0.0318. The number of amides is 3. The lowest BCUT2D eigenvalue weighted by molar-refractivity contribution is -0.140. The summed E-state index contributed by atoms with van der Waals surface area (Å²) >= 11 is 0. The highest BCUT2D eigenvalue weighted by molar-refractivity contribution is 5.92. The molecule has 1 aromatic rings. The van der Waals surface area contributed by atoms with Crippen LogP contribution < -0.4 is 38.5 Å². The minimum atomic E-state index is -1.09. The largest absolute Gasteiger partial charge is 0.444 e. The predicted octanol–water partition coefficient (Wildman–Crippen LogP) is 9.34. The highest BCUT2D eigenvalue weighted by atomic mass is 16.6. The molecule has 6 atom stereocenters. The molecule has 19 heteroatoms. The molecule has 502 valence electrons. The number of ether oxygens (including phenoxy) is 2. The van der Waals surface area contributed by atoms with Crippen molar-refractivity contribution in [1.82, 2.24) is 36.0 Å². The van der Waals surface area contributed by atoms with Crippen LogP contribution in [-0.2, 0) is 39.9 Å². The average Bonchev–Trinajstić information content (AvgIpc) is 0.759. The number of benzene rings is 1. The summed E-state index contributed by atoms with van der Waals surface area (Å²) in [6, 6.07) is 10.2. The number of carbonyl (C=O) groups is 7. The van der Waals surface area contributed by atoms with Crippen LogP contribution in [0.4, 0.5) is 9.59 Å². The number of fused-ring (bicyclic) bond motifs is 1. The van der Waals surface area contributed by atoms with Crippen molar-refractivity contribution in [2.45, 2.75) is 224 Å². The molecule has 6 aliphatic rings. The molecule has 6 fully saturated rings. The zero-order chi connectivity index (χ0) is 67.3. The van der Waals surface area contributed by atoms with Crippen LogP contribution >= 0.6 is 0 Å². The zero-order valence-electron chi connectivity index (χ0n) is 56.8. The SMILES string of the molecule is C=C1C[C@]2(CCC)C(=O)CCCN12.C=CC[C@@](CC)(Cc1ccccc1)C(C)=O.C=CC[C@@]1(CN)C(=O)NCCN1C(=O)OC(C)(C)C.C=CC[C@@]1(CN)CNCCN1C(=O)OC(C)(C)C.C=CC[C@]1(CN)NCCCC1=O.CCC[C@]1(C)NCCCC1=O. The molecule has 1 aromatic carbocycles. The highest BCUT2D eigenvalue weighted by Crippen LogP contribution is 2.46. The van der Waals surface area contributed by atoms with E-state index in [0.717, 1.165) is 110 Å². The van der Waals surface area contributed by atoms with Crippen LogP contribution in [0.2, 0.25) is 0 Å². The fourth-order valence-corrected chi connectivity index (χ4v) is 12.5. The molecule has 10 N–H and O–H groups in total. The Morgan fingerprint density at radius 2 is 1.22 bits per heavy atom. The standard InChI is InChI=1S/C15H20O.C13H23N3O3.C13H25N3O2.C11H17NO.C9H16N2O.C9H17NO/c1-4-11-15(5-2,13(3)16)12-14-9-7-6-8-10-14;1-5-6-13(9-14)10(17)15-7-8-16(13)11(18)19-12(2,3)4;1-5-6-13(9-14)10-15-7-8-16(13)11(17)18-12(2,3)4;1-3-6-11-8-9(2)12(11)7-4-5-10(11)13;1-2-5-9(7-10)8(12)4-3-6-11-9;1-3-6-9(2)8(11)5-4-7-10-9/h4,6-10H,1,5,11-12H2,2-3H3;5H,1,6-9,14H2,2-4H3,(H,15,17);5,15H,1,6-10,14H2,2-4H3;2-8H2,1H3;2,11H,1,3-7,10H2;10H,3-7H2,1-2H3/t15-;2*13-;11-;2*9-/m011110/s1. The molecule has 19 nitrogen and oxygen atoms in total. The van der Waals surface area contributed by atoms with Crippen molar-refractivity contribution in [3.05, 3.63) is 98.8 Å². The Labute approximate surface area is 535 Å². The second-order valence-corrected chi connectivity index (χ2v) is 26.7. The van der Waals surface area contributed by atoms with Gasteiger partial charge in [0.15, 0.2) is 17.3 Å². The van der Waals surface area contributed by atoms with Gasteiger partial charge in [0.05, 0.1) is 16.6 Å². The monoisotopic (exact) mass is 1240 g/mol. The van der Waals surface area contributed by atoms with E-state index in [1.54, 1.807) is 50.8 Å². The third kappa shape index (κ3) is 22.2. The topological polar surface area (TPSA) is 274 Å². The lowest BCUT2D eigenvalue weighted by Crippen LogP contribution is -2.69. The number of Topliss-reactive ketones (excluding diaryl/α,β-unsaturated/α-hetero) is 4. The van der Waals surface area contributed by atoms with Crippen LogP contribution in [0.5, 0.6) is 0 Å². The molecule has 6 aliphatic heterocycles. The van der Waals surface area contributed by atoms with E-state index in [1.165, 1.54) is 16.2 Å². The van der Waals surface area contributed by atoms with Gasteiger partial charge >= 0.3 is 12.2 Å². The third-order valence-electron chi connectivity index (χ3n) is 17.6. The molecule has 7 rings (SSSR count). The van der Waals surface area contributed by atoms with Gasteiger partial charge in [0.1, 0.15) is 28.1 Å². The summed E-state index contributed by atoms with van der Waals surface area (Å²) in [6.45, 7) is 46.3. The van der Waals surface area contributed by atoms with Crippen molar-refractivity contribution in [2.24, 2.45) is 22.6 Å². The number of rotatable bonds is 19. The number of hydrogen-bond donors (Lipinski definition) is 7. The Hall–Kier alpha value is -5.83. The molecule has 0 unspecified atom stereocenters. The Bertz CT molecular complexity index is 2510. The first kappa shape index (κ1) is 79.3. The van der Waals surface area contributed by atoms with E-state index in [9.17, 15) is 33.6 Å². The van der Waals surface area contributed by atoms with Crippen LogP contribution in [0, 0.1) is 5.41 Å². The normalized spacial score (nSPS) is 25.5. The number of carbonyl (C=O) groups excluding carboxylic acids is 7. The second-order valence-electron chi connectivity index (χ2n) is 26.7. The molecule has 0 spiro atoms. The van der Waals surface area contributed by atoms with Gasteiger partial charge in [-0.1, -0.05) is 94.8 Å². The minimum Gasteiger partial charge on any atom is -0.444 e. The number of piperazine rings is 2. The van der Waals surface area contributed by atoms with E-state index >= 15 is 0 Å². The number of nitrogens with zero attached hydrogens (tertiary/aromatic N) is 3. The van der Waals surface area contributed by atoms with E-state index in [-0.39, 0.29) is 46.6 Å². The van der Waals surface area contributed by atoms with Crippen LogP contribution in [0.1, 0.15) is 184 Å². The van der Waals surface area contributed by atoms with Crippen LogP contribution in [0.3, 0.4) is 0 Å². The quantitative estimate of drug-likeness (QED) is 0.0636. The van der Waals surface area contributed by atoms with Crippen molar-refractivity contribution >= 4 is 41.2 Å². The van der Waals surface area contributed by atoms with Crippen LogP contribution in [0.15, 0.2) is 93.2 Å². The molecule has 0 saturated carbocycles. The van der Waals surface area contributed by atoms with E-state index in [1.807, 2.05) is 52.0 Å². The summed E-state index contributed by atoms with van der Waals surface area (Å²) in [5.41, 5.74) is 15.9. The molecular formula is C70H118N10O9. The molecule has 6 heterocycles. The fourth-order valence-electron chi connectivity index (χ4n) is 12.5. The third-order valence-corrected chi connectivity index (χ3v) is 17.6. The first-order valence-corrected chi connectivity index (χ1v) is 32.5. The van der Waals surface area contributed by atoms with Crippen molar-refractivity contribution < 1.29 is 43.0 Å². The Kier molecular flexibility index (Phi) is 32.8. The molecule has 0 aliphatic carbocycles. The Balaban J connectivity index is 0.000000368. The molecule has 3 amide bonds. The number of nitrogens with two attached hydrogens (primary N) is 3. The van der Waals surface area contributed by atoms with Gasteiger partial charge in [0.2, 0.25) is 5.91 Å². The molecule has 6 saturated heterocycles. The van der Waals surface area contributed by atoms with Crippen LogP contribution in [0.25, 0.3) is 0 Å². The summed E-state index contributed by atoms with van der Waals surface area (Å²) in [4.78, 5) is 88.7. The molecular weight excluding hydrogens is 1120 g/mol. The number of nitrogens with one attached hydrogen (secondary N) is 4. The number of piperidine rings is 3. The summed E-state index contributed by atoms with van der Waals surface area (Å²) in [7, 11) is 0. The van der Waals surface area contributed by atoms with Gasteiger partial charge in [-0.2, -0.15) is 0 Å². The highest BCUT2D eigenvalue weighted by Gasteiger charge is 2.53. The number of allylic oxidation sites excluding steroid dienone is 1. The fraction of sp³-hybridized carbons (Fsp3) is 0.671. The summed E-state index contributed by atoms with van der Waals surface area (Å²) in [6.07, 6.45) is 20.5. The average molecular weight is 1240 g/mol. The Morgan fingerprint density at radius 1 is 0.663 bits per heavy atom. The molecule has 0 aromatic heterocycles. The van der Waals surface area contributed by atoms with Crippen molar-refractivity contribution in [3.8, 4) is 0 Å². The smallest absolute Gasteiger partial charge is 0.411 e. The van der Waals surface area contributed by atoms with Gasteiger partial charge in [0.25, 0.3) is 0 Å². The van der Waals surface area contributed by atoms with E-state index in [0.29, 0.717) is 76.5 Å². The maximum atomic E-state index is 12.2. The maximum Gasteiger partial charge on any atom is 0.411 e. The van der Waals surface area contributed by atoms with Gasteiger partial charge in [0, 0.05) is 95.7 Å². The van der Waals surface area contributed by atoms with E-state index < -0.39 is 33.9 Å². The summed E-state index contributed by atoms with van der Waals surface area (Å²) in [5.74, 6) is 1.08. The Morgan fingerprint density at radius 3 is 1.71 bits per heavy atom. The van der Waals surface area contributed by atoms with E-state index in [2.05, 4.69) is 92.0 Å². The second kappa shape index (κ2) is 36.9. The molecule has 89 heavy (non-hydrogen) atoms. The maximum absolute atomic E-state index is 12.2. The predicted molar refractivity (Wildman–Crippen MR) is 360 cm³/mol. The first-order chi connectivity index (χ1) is 41.9. The summed E-state index contributed by atoms with van der Waals surface area (Å²) < 4.78 is 10.8. The van der Waals surface area contributed by atoms with Crippen LogP contribution in [-0.4, -0.2) is 167 Å². The van der Waals surface area contributed by atoms with Gasteiger partial charge in [-0.25, -0.2) is 9.59 Å². The molecule has 0 radical (unpaired) electrons. The lowest BCUT2D eigenvalue weighted by atomic mass is 9.71. The van der Waals surface area contributed by atoms with Crippen molar-refractivity contribution in [1.29, 1.82) is 0 Å².